The predicted molar refractivity (Wildman–Crippen MR) is 128 cm³/mol. The summed E-state index contributed by atoms with van der Waals surface area (Å²) in [6.07, 6.45) is 0.362. The SMILES string of the molecule is O=C(CC1NC(=O)c2ccccc2NC1=O)NCCC(c1ccc(F)cc1)c1ccc(Cl)cc1. The maximum Gasteiger partial charge on any atom is 0.254 e. The number of fused-ring (bicyclic) bond motifs is 1. The summed E-state index contributed by atoms with van der Waals surface area (Å²) in [7, 11) is 0. The lowest BCUT2D eigenvalue weighted by Gasteiger charge is -2.19. The van der Waals surface area contributed by atoms with E-state index in [-0.39, 0.29) is 24.1 Å². The van der Waals surface area contributed by atoms with Gasteiger partial charge in [-0.05, 0) is 53.9 Å². The van der Waals surface area contributed by atoms with Gasteiger partial charge < -0.3 is 16.0 Å². The normalized spacial score (nSPS) is 16.0. The van der Waals surface area contributed by atoms with Gasteiger partial charge in [-0.2, -0.15) is 0 Å². The van der Waals surface area contributed by atoms with Crippen molar-refractivity contribution in [1.82, 2.24) is 10.6 Å². The Hall–Kier alpha value is -3.71. The Labute approximate surface area is 201 Å². The molecule has 1 aliphatic rings. The van der Waals surface area contributed by atoms with E-state index in [0.717, 1.165) is 11.1 Å². The monoisotopic (exact) mass is 479 g/mol. The number of amides is 3. The Morgan fingerprint density at radius 2 is 1.62 bits per heavy atom. The minimum absolute atomic E-state index is 0.0893. The molecule has 0 saturated carbocycles. The summed E-state index contributed by atoms with van der Waals surface area (Å²) in [6, 6.07) is 19.3. The Balaban J connectivity index is 1.38. The van der Waals surface area contributed by atoms with Crippen LogP contribution in [0.1, 0.15) is 40.2 Å². The van der Waals surface area contributed by atoms with Gasteiger partial charge in [0.1, 0.15) is 11.9 Å². The predicted octanol–water partition coefficient (Wildman–Crippen LogP) is 4.26. The summed E-state index contributed by atoms with van der Waals surface area (Å²) in [5.74, 6) is -1.63. The molecule has 3 aromatic carbocycles. The fourth-order valence-electron chi connectivity index (χ4n) is 3.98. The number of carbonyl (C=O) groups excluding carboxylic acids is 3. The van der Waals surface area contributed by atoms with Crippen molar-refractivity contribution in [3.63, 3.8) is 0 Å². The number of halogens is 2. The molecule has 2 atom stereocenters. The van der Waals surface area contributed by atoms with E-state index in [4.69, 9.17) is 11.6 Å². The summed E-state index contributed by atoms with van der Waals surface area (Å²) in [5.41, 5.74) is 2.66. The van der Waals surface area contributed by atoms with Gasteiger partial charge in [0.25, 0.3) is 5.91 Å². The standard InChI is InChI=1S/C26H23ClFN3O3/c27-18-9-5-16(6-10-18)20(17-7-11-19(28)12-8-17)13-14-29-24(32)15-23-26(34)30-22-4-2-1-3-21(22)25(33)31-23/h1-12,20,23H,13-15H2,(H,29,32)(H,30,34)(H,31,33). The van der Waals surface area contributed by atoms with E-state index in [0.29, 0.717) is 29.2 Å². The zero-order chi connectivity index (χ0) is 24.1. The Kier molecular flexibility index (Phi) is 7.23. The smallest absolute Gasteiger partial charge is 0.254 e. The van der Waals surface area contributed by atoms with Gasteiger partial charge in [-0.25, -0.2) is 4.39 Å². The number of carbonyl (C=O) groups is 3. The van der Waals surface area contributed by atoms with E-state index < -0.39 is 17.9 Å². The largest absolute Gasteiger partial charge is 0.356 e. The van der Waals surface area contributed by atoms with Crippen LogP contribution in [0.5, 0.6) is 0 Å². The highest BCUT2D eigenvalue weighted by Crippen LogP contribution is 2.29. The van der Waals surface area contributed by atoms with Crippen LogP contribution < -0.4 is 16.0 Å². The van der Waals surface area contributed by atoms with E-state index in [1.165, 1.54) is 12.1 Å². The lowest BCUT2D eigenvalue weighted by atomic mass is 9.88. The zero-order valence-corrected chi connectivity index (χ0v) is 18.9. The maximum absolute atomic E-state index is 13.4. The number of anilines is 1. The second-order valence-corrected chi connectivity index (χ2v) is 8.50. The number of hydrogen-bond acceptors (Lipinski definition) is 3. The highest BCUT2D eigenvalue weighted by Gasteiger charge is 2.29. The van der Waals surface area contributed by atoms with Crippen molar-refractivity contribution in [3.8, 4) is 0 Å². The average Bonchev–Trinajstić information content (AvgIpc) is 2.94. The number of rotatable bonds is 7. The van der Waals surface area contributed by atoms with Crippen LogP contribution in [-0.4, -0.2) is 30.3 Å². The zero-order valence-electron chi connectivity index (χ0n) is 18.2. The summed E-state index contributed by atoms with van der Waals surface area (Å²) in [4.78, 5) is 37.5. The van der Waals surface area contributed by atoms with Gasteiger partial charge in [-0.3, -0.25) is 14.4 Å². The molecule has 0 aliphatic carbocycles. The Morgan fingerprint density at radius 1 is 0.971 bits per heavy atom. The molecule has 6 nitrogen and oxygen atoms in total. The van der Waals surface area contributed by atoms with Crippen LogP contribution in [0, 0.1) is 5.82 Å². The molecule has 3 N–H and O–H groups in total. The van der Waals surface area contributed by atoms with Crippen LogP contribution in [0.4, 0.5) is 10.1 Å². The second kappa shape index (κ2) is 10.5. The third kappa shape index (κ3) is 5.61. The lowest BCUT2D eigenvalue weighted by Crippen LogP contribution is -2.44. The van der Waals surface area contributed by atoms with Crippen molar-refractivity contribution >= 4 is 35.0 Å². The van der Waals surface area contributed by atoms with Gasteiger partial charge in [0.2, 0.25) is 11.8 Å². The van der Waals surface area contributed by atoms with Crippen LogP contribution >= 0.6 is 11.6 Å². The van der Waals surface area contributed by atoms with Crippen molar-refractivity contribution in [2.45, 2.75) is 24.8 Å². The molecule has 3 aromatic rings. The van der Waals surface area contributed by atoms with Crippen molar-refractivity contribution in [2.75, 3.05) is 11.9 Å². The van der Waals surface area contributed by atoms with Crippen LogP contribution in [-0.2, 0) is 9.59 Å². The van der Waals surface area contributed by atoms with Crippen LogP contribution in [0.25, 0.3) is 0 Å². The maximum atomic E-state index is 13.4. The summed E-state index contributed by atoms with van der Waals surface area (Å²) < 4.78 is 13.4. The fraction of sp³-hybridized carbons (Fsp3) is 0.192. The van der Waals surface area contributed by atoms with E-state index in [1.54, 1.807) is 48.5 Å². The van der Waals surface area contributed by atoms with Gasteiger partial charge in [-0.1, -0.05) is 48.0 Å². The molecule has 8 heteroatoms. The lowest BCUT2D eigenvalue weighted by molar-refractivity contribution is -0.125. The molecule has 0 aromatic heterocycles. The molecule has 2 unspecified atom stereocenters. The first-order valence-electron chi connectivity index (χ1n) is 10.9. The molecule has 0 spiro atoms. The van der Waals surface area contributed by atoms with Gasteiger partial charge in [-0.15, -0.1) is 0 Å². The molecule has 0 fully saturated rings. The van der Waals surface area contributed by atoms with Gasteiger partial charge in [0, 0.05) is 17.5 Å². The molecule has 3 amide bonds. The van der Waals surface area contributed by atoms with Crippen molar-refractivity contribution in [3.05, 3.63) is 100 Å². The summed E-state index contributed by atoms with van der Waals surface area (Å²) in [6.45, 7) is 0.325. The van der Waals surface area contributed by atoms with Crippen molar-refractivity contribution in [1.29, 1.82) is 0 Å². The molecule has 34 heavy (non-hydrogen) atoms. The number of para-hydroxylation sites is 1. The van der Waals surface area contributed by atoms with Gasteiger partial charge >= 0.3 is 0 Å². The van der Waals surface area contributed by atoms with E-state index in [9.17, 15) is 18.8 Å². The molecule has 0 saturated heterocycles. The highest BCUT2D eigenvalue weighted by molar-refractivity contribution is 6.30. The minimum atomic E-state index is -0.982. The molecular weight excluding hydrogens is 457 g/mol. The van der Waals surface area contributed by atoms with Crippen LogP contribution in [0.3, 0.4) is 0 Å². The number of hydrogen-bond donors (Lipinski definition) is 3. The third-order valence-corrected chi connectivity index (χ3v) is 5.99. The average molecular weight is 480 g/mol. The highest BCUT2D eigenvalue weighted by atomic mass is 35.5. The molecule has 0 bridgehead atoms. The molecule has 0 radical (unpaired) electrons. The molecule has 1 heterocycles. The van der Waals surface area contributed by atoms with E-state index in [1.807, 2.05) is 12.1 Å². The van der Waals surface area contributed by atoms with Crippen LogP contribution in [0.15, 0.2) is 72.8 Å². The molecule has 4 rings (SSSR count). The third-order valence-electron chi connectivity index (χ3n) is 5.74. The summed E-state index contributed by atoms with van der Waals surface area (Å²) in [5, 5.41) is 8.75. The van der Waals surface area contributed by atoms with Crippen molar-refractivity contribution < 1.29 is 18.8 Å². The van der Waals surface area contributed by atoms with Gasteiger partial charge in [0.15, 0.2) is 0 Å². The molecule has 174 valence electrons. The summed E-state index contributed by atoms with van der Waals surface area (Å²) >= 11 is 6.02. The van der Waals surface area contributed by atoms with Crippen molar-refractivity contribution in [2.24, 2.45) is 0 Å². The molecular formula is C26H23ClFN3O3. The quantitative estimate of drug-likeness (QED) is 0.473. The minimum Gasteiger partial charge on any atom is -0.356 e. The number of nitrogens with one attached hydrogen (secondary N) is 3. The van der Waals surface area contributed by atoms with Gasteiger partial charge in [0.05, 0.1) is 17.7 Å². The Morgan fingerprint density at radius 3 is 2.32 bits per heavy atom. The Bertz CT molecular complexity index is 1150. The first kappa shape index (κ1) is 23.4. The first-order valence-corrected chi connectivity index (χ1v) is 11.3. The fourth-order valence-corrected chi connectivity index (χ4v) is 4.11. The molecule has 1 aliphatic heterocycles. The number of benzene rings is 3. The first-order chi connectivity index (χ1) is 16.4. The van der Waals surface area contributed by atoms with E-state index >= 15 is 0 Å². The van der Waals surface area contributed by atoms with Crippen LogP contribution in [0.2, 0.25) is 5.02 Å². The van der Waals surface area contributed by atoms with E-state index in [2.05, 4.69) is 16.0 Å². The second-order valence-electron chi connectivity index (χ2n) is 8.06. The topological polar surface area (TPSA) is 87.3 Å².